The van der Waals surface area contributed by atoms with Gasteiger partial charge in [-0.25, -0.2) is 0 Å². The number of carbonyl (C=O) groups excluding carboxylic acids is 2. The maximum atomic E-state index is 13.8. The van der Waals surface area contributed by atoms with Gasteiger partial charge in [-0.1, -0.05) is 89.8 Å². The molecule has 0 aliphatic heterocycles. The molecule has 0 spiro atoms. The summed E-state index contributed by atoms with van der Waals surface area (Å²) in [5, 5.41) is 3.28. The van der Waals surface area contributed by atoms with E-state index in [1.165, 1.54) is 6.42 Å². The summed E-state index contributed by atoms with van der Waals surface area (Å²) in [6.45, 7) is 2.23. The third kappa shape index (κ3) is 7.93. The minimum Gasteiger partial charge on any atom is -0.484 e. The Morgan fingerprint density at radius 1 is 0.946 bits per heavy atom. The Hall–Kier alpha value is -3.12. The first-order valence-electron chi connectivity index (χ1n) is 13.1. The molecule has 0 heterocycles. The van der Waals surface area contributed by atoms with Gasteiger partial charge in [-0.05, 0) is 60.7 Å². The van der Waals surface area contributed by atoms with Gasteiger partial charge in [0, 0.05) is 23.5 Å². The predicted octanol–water partition coefficient (Wildman–Crippen LogP) is 6.23. The fourth-order valence-corrected chi connectivity index (χ4v) is 5.09. The van der Waals surface area contributed by atoms with Crippen LogP contribution in [0.25, 0.3) is 0 Å². The number of hydrogen-bond acceptors (Lipinski definition) is 3. The van der Waals surface area contributed by atoms with Crippen LogP contribution in [0.4, 0.5) is 0 Å². The molecule has 0 aromatic heterocycles. The Balaban J connectivity index is 1.61. The van der Waals surface area contributed by atoms with E-state index in [4.69, 9.17) is 4.74 Å². The molecule has 1 fully saturated rings. The van der Waals surface area contributed by atoms with Crippen molar-refractivity contribution >= 4 is 27.7 Å². The molecule has 0 radical (unpaired) electrons. The van der Waals surface area contributed by atoms with Gasteiger partial charge in [-0.3, -0.25) is 9.59 Å². The highest BCUT2D eigenvalue weighted by atomic mass is 79.9. The van der Waals surface area contributed by atoms with Crippen molar-refractivity contribution in [3.05, 3.63) is 100 Å². The summed E-state index contributed by atoms with van der Waals surface area (Å²) >= 11 is 3.42. The quantitative estimate of drug-likeness (QED) is 0.319. The lowest BCUT2D eigenvalue weighted by atomic mass is 9.94. The summed E-state index contributed by atoms with van der Waals surface area (Å²) in [5.74, 6) is 0.297. The molecule has 3 aromatic carbocycles. The summed E-state index contributed by atoms with van der Waals surface area (Å²) < 4.78 is 6.80. The number of nitrogens with one attached hydrogen (secondary N) is 1. The van der Waals surface area contributed by atoms with E-state index in [9.17, 15) is 9.59 Å². The third-order valence-corrected chi connectivity index (χ3v) is 7.53. The van der Waals surface area contributed by atoms with E-state index in [-0.39, 0.29) is 24.5 Å². The van der Waals surface area contributed by atoms with Crippen LogP contribution in [0.2, 0.25) is 0 Å². The Morgan fingerprint density at radius 3 is 2.32 bits per heavy atom. The summed E-state index contributed by atoms with van der Waals surface area (Å²) in [6, 6.07) is 24.8. The minimum atomic E-state index is -0.648. The number of carbonyl (C=O) groups is 2. The number of amides is 2. The molecule has 0 bridgehead atoms. The number of halogens is 1. The number of hydrogen-bond donors (Lipinski definition) is 1. The van der Waals surface area contributed by atoms with Crippen LogP contribution in [-0.4, -0.2) is 35.4 Å². The lowest BCUT2D eigenvalue weighted by molar-refractivity contribution is -0.143. The second-order valence-corrected chi connectivity index (χ2v) is 10.7. The van der Waals surface area contributed by atoms with E-state index in [1.54, 1.807) is 4.90 Å². The van der Waals surface area contributed by atoms with Crippen molar-refractivity contribution < 1.29 is 14.3 Å². The van der Waals surface area contributed by atoms with Crippen LogP contribution >= 0.6 is 15.9 Å². The number of benzene rings is 3. The van der Waals surface area contributed by atoms with E-state index < -0.39 is 6.04 Å². The van der Waals surface area contributed by atoms with Crippen LogP contribution in [0.5, 0.6) is 5.75 Å². The zero-order chi connectivity index (χ0) is 26.0. The SMILES string of the molecule is Cc1ccccc1CN(C(=O)COc1ccc(Br)cc1)C(Cc1ccccc1)C(=O)NC1CCCCC1. The summed E-state index contributed by atoms with van der Waals surface area (Å²) in [7, 11) is 0. The van der Waals surface area contributed by atoms with Crippen molar-refractivity contribution in [2.75, 3.05) is 6.61 Å². The van der Waals surface area contributed by atoms with Crippen LogP contribution in [0.3, 0.4) is 0 Å². The normalized spacial score (nSPS) is 14.5. The van der Waals surface area contributed by atoms with Crippen LogP contribution in [0.1, 0.15) is 48.8 Å². The van der Waals surface area contributed by atoms with E-state index in [0.29, 0.717) is 18.7 Å². The molecule has 37 heavy (non-hydrogen) atoms. The number of nitrogens with zero attached hydrogens (tertiary/aromatic N) is 1. The predicted molar refractivity (Wildman–Crippen MR) is 150 cm³/mol. The van der Waals surface area contributed by atoms with Crippen LogP contribution in [0.15, 0.2) is 83.3 Å². The van der Waals surface area contributed by atoms with E-state index in [0.717, 1.165) is 46.8 Å². The third-order valence-electron chi connectivity index (χ3n) is 7.00. The second-order valence-electron chi connectivity index (χ2n) is 9.74. The molecule has 4 rings (SSSR count). The fraction of sp³-hybridized carbons (Fsp3) is 0.355. The second kappa shape index (κ2) is 13.4. The molecule has 1 aliphatic carbocycles. The molecule has 1 saturated carbocycles. The Kier molecular flexibility index (Phi) is 9.78. The maximum Gasteiger partial charge on any atom is 0.261 e. The first kappa shape index (κ1) is 26.9. The van der Waals surface area contributed by atoms with Crippen LogP contribution < -0.4 is 10.1 Å². The van der Waals surface area contributed by atoms with E-state index in [1.807, 2.05) is 85.8 Å². The van der Waals surface area contributed by atoms with Crippen molar-refractivity contribution in [1.82, 2.24) is 10.2 Å². The standard InChI is InChI=1S/C31H35BrN2O3/c1-23-10-8-9-13-25(23)21-34(30(35)22-37-28-18-16-26(32)17-19-28)29(20-24-11-4-2-5-12-24)31(36)33-27-14-6-3-7-15-27/h2,4-5,8-13,16-19,27,29H,3,6-7,14-15,20-22H2,1H3,(H,33,36). The molecular weight excluding hydrogens is 528 g/mol. The Morgan fingerprint density at radius 2 is 1.62 bits per heavy atom. The summed E-state index contributed by atoms with van der Waals surface area (Å²) in [4.78, 5) is 29.2. The molecular formula is C31H35BrN2O3. The molecule has 0 saturated heterocycles. The number of ether oxygens (including phenoxy) is 1. The van der Waals surface area contributed by atoms with Gasteiger partial charge < -0.3 is 15.0 Å². The Labute approximate surface area is 228 Å². The zero-order valence-electron chi connectivity index (χ0n) is 21.4. The van der Waals surface area contributed by atoms with Gasteiger partial charge >= 0.3 is 0 Å². The molecule has 3 aromatic rings. The van der Waals surface area contributed by atoms with Crippen LogP contribution in [0, 0.1) is 6.92 Å². The van der Waals surface area contributed by atoms with Gasteiger partial charge in [0.1, 0.15) is 11.8 Å². The maximum absolute atomic E-state index is 13.8. The van der Waals surface area contributed by atoms with Crippen molar-refractivity contribution in [2.24, 2.45) is 0 Å². The summed E-state index contributed by atoms with van der Waals surface area (Å²) in [5.41, 5.74) is 3.12. The molecule has 1 unspecified atom stereocenters. The largest absolute Gasteiger partial charge is 0.484 e. The van der Waals surface area contributed by atoms with Crippen molar-refractivity contribution in [3.8, 4) is 5.75 Å². The van der Waals surface area contributed by atoms with Crippen LogP contribution in [-0.2, 0) is 22.6 Å². The van der Waals surface area contributed by atoms with E-state index >= 15 is 0 Å². The van der Waals surface area contributed by atoms with Gasteiger partial charge in [-0.15, -0.1) is 0 Å². The van der Waals surface area contributed by atoms with Crippen molar-refractivity contribution in [3.63, 3.8) is 0 Å². The highest BCUT2D eigenvalue weighted by molar-refractivity contribution is 9.10. The van der Waals surface area contributed by atoms with Gasteiger partial charge in [0.25, 0.3) is 5.91 Å². The molecule has 194 valence electrons. The highest BCUT2D eigenvalue weighted by Gasteiger charge is 2.32. The van der Waals surface area contributed by atoms with Gasteiger partial charge in [0.05, 0.1) is 0 Å². The summed E-state index contributed by atoms with van der Waals surface area (Å²) in [6.07, 6.45) is 5.88. The molecule has 6 heteroatoms. The average Bonchev–Trinajstić information content (AvgIpc) is 2.92. The first-order chi connectivity index (χ1) is 18.0. The van der Waals surface area contributed by atoms with Crippen molar-refractivity contribution in [2.45, 2.75) is 64.1 Å². The topological polar surface area (TPSA) is 58.6 Å². The monoisotopic (exact) mass is 562 g/mol. The number of aryl methyl sites for hydroxylation is 1. The van der Waals surface area contributed by atoms with E-state index in [2.05, 4.69) is 21.2 Å². The smallest absolute Gasteiger partial charge is 0.261 e. The lowest BCUT2D eigenvalue weighted by Gasteiger charge is -2.33. The molecule has 2 amide bonds. The van der Waals surface area contributed by atoms with Gasteiger partial charge in [-0.2, -0.15) is 0 Å². The minimum absolute atomic E-state index is 0.0960. The molecule has 5 nitrogen and oxygen atoms in total. The molecule has 1 atom stereocenters. The molecule has 1 aliphatic rings. The number of rotatable bonds is 10. The average molecular weight is 564 g/mol. The lowest BCUT2D eigenvalue weighted by Crippen LogP contribution is -2.53. The van der Waals surface area contributed by atoms with Crippen molar-refractivity contribution in [1.29, 1.82) is 0 Å². The Bertz CT molecular complexity index is 1160. The molecule has 1 N–H and O–H groups in total. The highest BCUT2D eigenvalue weighted by Crippen LogP contribution is 2.21. The van der Waals surface area contributed by atoms with Gasteiger partial charge in [0.15, 0.2) is 6.61 Å². The zero-order valence-corrected chi connectivity index (χ0v) is 23.0. The first-order valence-corrected chi connectivity index (χ1v) is 13.9. The van der Waals surface area contributed by atoms with Gasteiger partial charge in [0.2, 0.25) is 5.91 Å². The fourth-order valence-electron chi connectivity index (χ4n) is 4.83.